The summed E-state index contributed by atoms with van der Waals surface area (Å²) in [6.07, 6.45) is 7.85. The molecule has 1 aromatic rings. The maximum atomic E-state index is 12.9. The number of hydrogen-bond acceptors (Lipinski definition) is 5. The van der Waals surface area contributed by atoms with Gasteiger partial charge in [-0.25, -0.2) is 0 Å². The van der Waals surface area contributed by atoms with Crippen molar-refractivity contribution >= 4 is 17.5 Å². The van der Waals surface area contributed by atoms with Crippen LogP contribution in [0.3, 0.4) is 0 Å². The van der Waals surface area contributed by atoms with E-state index in [9.17, 15) is 9.59 Å². The Labute approximate surface area is 166 Å². The van der Waals surface area contributed by atoms with E-state index in [1.54, 1.807) is 12.1 Å². The molecule has 7 nitrogen and oxygen atoms in total. The lowest BCUT2D eigenvalue weighted by Crippen LogP contribution is -2.44. The second kappa shape index (κ2) is 8.71. The van der Waals surface area contributed by atoms with Gasteiger partial charge < -0.3 is 24.8 Å². The number of carbonyl (C=O) groups excluding carboxylic acids is 2. The van der Waals surface area contributed by atoms with Crippen LogP contribution in [-0.2, 0) is 9.59 Å². The average molecular weight is 390 g/mol. The lowest BCUT2D eigenvalue weighted by molar-refractivity contribution is -0.134. The van der Waals surface area contributed by atoms with Gasteiger partial charge >= 0.3 is 0 Å². The molecule has 0 spiro atoms. The minimum absolute atomic E-state index is 0.149. The molecule has 2 amide bonds. The molecule has 0 saturated heterocycles. The average Bonchev–Trinajstić information content (AvgIpc) is 3.52. The van der Waals surface area contributed by atoms with Crippen molar-refractivity contribution in [1.29, 1.82) is 0 Å². The van der Waals surface area contributed by atoms with Gasteiger partial charge in [0.2, 0.25) is 17.6 Å². The highest BCUT2D eigenvalue weighted by atomic mass is 16.5. The van der Waals surface area contributed by atoms with Crippen molar-refractivity contribution in [2.75, 3.05) is 26.6 Å². The first-order valence-electron chi connectivity index (χ1n) is 9.96. The molecule has 0 bridgehead atoms. The van der Waals surface area contributed by atoms with Gasteiger partial charge in [0.15, 0.2) is 11.5 Å². The zero-order chi connectivity index (χ0) is 20.1. The highest BCUT2D eigenvalue weighted by Gasteiger charge is 2.56. The summed E-state index contributed by atoms with van der Waals surface area (Å²) in [6, 6.07) is 3.51. The second-order valence-corrected chi connectivity index (χ2v) is 7.61. The number of amides is 2. The van der Waals surface area contributed by atoms with Gasteiger partial charge in [-0.1, -0.05) is 25.7 Å². The van der Waals surface area contributed by atoms with Crippen molar-refractivity contribution in [3.8, 4) is 17.2 Å². The fourth-order valence-corrected chi connectivity index (χ4v) is 3.83. The third kappa shape index (κ3) is 4.18. The normalized spacial score (nSPS) is 18.5. The summed E-state index contributed by atoms with van der Waals surface area (Å²) in [7, 11) is 4.56. The van der Waals surface area contributed by atoms with Crippen LogP contribution in [0.25, 0.3) is 0 Å². The lowest BCUT2D eigenvalue weighted by atomic mass is 10.0. The number of carbonyl (C=O) groups is 2. The molecule has 154 valence electrons. The molecule has 2 aliphatic rings. The first kappa shape index (κ1) is 20.3. The number of anilines is 1. The Hall–Kier alpha value is -2.44. The molecular weight excluding hydrogens is 360 g/mol. The van der Waals surface area contributed by atoms with Crippen LogP contribution in [0.5, 0.6) is 17.2 Å². The number of benzene rings is 1. The standard InChI is InChI=1S/C21H30N2O5/c1-26-16-12-15(13-17(27-2)18(16)28-3)23-20(25)21(10-11-21)19(24)22-14-8-6-4-5-7-9-14/h12-14H,4-11H2,1-3H3,(H,22,24)(H,23,25). The quantitative estimate of drug-likeness (QED) is 0.551. The maximum absolute atomic E-state index is 12.9. The van der Waals surface area contributed by atoms with Crippen LogP contribution in [-0.4, -0.2) is 39.2 Å². The third-order valence-corrected chi connectivity index (χ3v) is 5.73. The van der Waals surface area contributed by atoms with E-state index in [0.717, 1.165) is 25.7 Å². The van der Waals surface area contributed by atoms with Gasteiger partial charge in [-0.05, 0) is 25.7 Å². The van der Waals surface area contributed by atoms with E-state index < -0.39 is 5.41 Å². The van der Waals surface area contributed by atoms with Crippen LogP contribution in [0.2, 0.25) is 0 Å². The highest BCUT2D eigenvalue weighted by Crippen LogP contribution is 2.48. The first-order chi connectivity index (χ1) is 13.5. The summed E-state index contributed by atoms with van der Waals surface area (Å²) in [5, 5.41) is 5.98. The molecule has 0 aliphatic heterocycles. The van der Waals surface area contributed by atoms with E-state index in [1.165, 1.54) is 34.2 Å². The maximum Gasteiger partial charge on any atom is 0.240 e. The Kier molecular flexibility index (Phi) is 6.31. The Morgan fingerprint density at radius 1 is 0.893 bits per heavy atom. The fraction of sp³-hybridized carbons (Fsp3) is 0.619. The molecule has 1 aromatic carbocycles. The molecule has 0 heterocycles. The summed E-state index contributed by atoms with van der Waals surface area (Å²) >= 11 is 0. The molecule has 2 aliphatic carbocycles. The first-order valence-corrected chi connectivity index (χ1v) is 9.96. The predicted octanol–water partition coefficient (Wildman–Crippen LogP) is 3.27. The Balaban J connectivity index is 1.70. The molecule has 0 aromatic heterocycles. The van der Waals surface area contributed by atoms with Crippen LogP contribution < -0.4 is 24.8 Å². The summed E-state index contributed by atoms with van der Waals surface area (Å²) < 4.78 is 16.0. The number of ether oxygens (including phenoxy) is 3. The zero-order valence-electron chi connectivity index (χ0n) is 16.9. The van der Waals surface area contributed by atoms with Gasteiger partial charge in [-0.15, -0.1) is 0 Å². The van der Waals surface area contributed by atoms with Crippen molar-refractivity contribution in [2.24, 2.45) is 5.41 Å². The van der Waals surface area contributed by atoms with Crippen molar-refractivity contribution in [3.05, 3.63) is 12.1 Å². The minimum Gasteiger partial charge on any atom is -0.493 e. The molecule has 28 heavy (non-hydrogen) atoms. The highest BCUT2D eigenvalue weighted by molar-refractivity contribution is 6.13. The van der Waals surface area contributed by atoms with Crippen molar-refractivity contribution in [3.63, 3.8) is 0 Å². The summed E-state index contributed by atoms with van der Waals surface area (Å²) in [4.78, 5) is 25.8. The lowest BCUT2D eigenvalue weighted by Gasteiger charge is -2.21. The number of hydrogen-bond donors (Lipinski definition) is 2. The van der Waals surface area contributed by atoms with E-state index >= 15 is 0 Å². The molecule has 2 fully saturated rings. The van der Waals surface area contributed by atoms with Crippen molar-refractivity contribution in [2.45, 2.75) is 57.4 Å². The van der Waals surface area contributed by atoms with Crippen LogP contribution in [0, 0.1) is 5.41 Å². The topological polar surface area (TPSA) is 85.9 Å². The molecule has 0 radical (unpaired) electrons. The van der Waals surface area contributed by atoms with E-state index in [-0.39, 0.29) is 17.9 Å². The molecule has 0 unspecified atom stereocenters. The molecule has 2 N–H and O–H groups in total. The van der Waals surface area contributed by atoms with Crippen LogP contribution in [0.4, 0.5) is 5.69 Å². The van der Waals surface area contributed by atoms with Gasteiger partial charge in [0.05, 0.1) is 21.3 Å². The van der Waals surface area contributed by atoms with Crippen LogP contribution >= 0.6 is 0 Å². The Bertz CT molecular complexity index is 697. The smallest absolute Gasteiger partial charge is 0.240 e. The predicted molar refractivity (Wildman–Crippen MR) is 106 cm³/mol. The fourth-order valence-electron chi connectivity index (χ4n) is 3.83. The Morgan fingerprint density at radius 3 is 1.93 bits per heavy atom. The monoisotopic (exact) mass is 390 g/mol. The van der Waals surface area contributed by atoms with Crippen LogP contribution in [0.1, 0.15) is 51.4 Å². The second-order valence-electron chi connectivity index (χ2n) is 7.61. The SMILES string of the molecule is COc1cc(NC(=O)C2(C(=O)NC3CCCCCC3)CC2)cc(OC)c1OC. The number of nitrogens with one attached hydrogen (secondary N) is 2. The molecule has 7 heteroatoms. The third-order valence-electron chi connectivity index (χ3n) is 5.73. The summed E-state index contributed by atoms with van der Waals surface area (Å²) in [5.74, 6) is 0.919. The largest absolute Gasteiger partial charge is 0.493 e. The molecular formula is C21H30N2O5. The van der Waals surface area contributed by atoms with E-state index in [1.807, 2.05) is 0 Å². The number of methoxy groups -OCH3 is 3. The van der Waals surface area contributed by atoms with Gasteiger partial charge in [0.25, 0.3) is 0 Å². The Morgan fingerprint density at radius 2 is 1.46 bits per heavy atom. The van der Waals surface area contributed by atoms with E-state index in [0.29, 0.717) is 35.8 Å². The van der Waals surface area contributed by atoms with Crippen molar-refractivity contribution in [1.82, 2.24) is 5.32 Å². The minimum atomic E-state index is -0.966. The molecule has 3 rings (SSSR count). The van der Waals surface area contributed by atoms with E-state index in [2.05, 4.69) is 10.6 Å². The summed E-state index contributed by atoms with van der Waals surface area (Å²) in [5.41, 5.74) is -0.458. The number of rotatable bonds is 7. The van der Waals surface area contributed by atoms with Gasteiger partial charge in [-0.3, -0.25) is 9.59 Å². The molecule has 0 atom stereocenters. The van der Waals surface area contributed by atoms with Gasteiger partial charge in [-0.2, -0.15) is 0 Å². The molecule has 2 saturated carbocycles. The van der Waals surface area contributed by atoms with Crippen molar-refractivity contribution < 1.29 is 23.8 Å². The van der Waals surface area contributed by atoms with E-state index in [4.69, 9.17) is 14.2 Å². The van der Waals surface area contributed by atoms with Crippen LogP contribution in [0.15, 0.2) is 12.1 Å². The summed E-state index contributed by atoms with van der Waals surface area (Å²) in [6.45, 7) is 0. The van der Waals surface area contributed by atoms with Gasteiger partial charge in [0.1, 0.15) is 5.41 Å². The van der Waals surface area contributed by atoms with Gasteiger partial charge in [0, 0.05) is 23.9 Å². The zero-order valence-corrected chi connectivity index (χ0v) is 16.9.